The van der Waals surface area contributed by atoms with Crippen molar-refractivity contribution in [3.05, 3.63) is 77.9 Å². The number of hydrogen-bond acceptors (Lipinski definition) is 4. The number of anilines is 1. The Hall–Kier alpha value is -4.31. The molecule has 3 rings (SSSR count). The standard InChI is InChI=1S/C31H35N3O4/c1-7-21(3)34(27(35)20-32-30(37)38-31(4,5)6)28(26-16-12-11-13-22(26)8-2)29(36)33-25-18-17-23-14-9-10-15-24(23)19-25/h2,9-19,21,28H,7,20H2,1,3-6H3,(H,32,37)(H,33,36). The fourth-order valence-corrected chi connectivity index (χ4v) is 4.16. The average Bonchev–Trinajstić information content (AvgIpc) is 2.88. The minimum absolute atomic E-state index is 0.332. The van der Waals surface area contributed by atoms with Crippen LogP contribution in [0.4, 0.5) is 10.5 Å². The number of fused-ring (bicyclic) bond motifs is 1. The quantitative estimate of drug-likeness (QED) is 0.381. The summed E-state index contributed by atoms with van der Waals surface area (Å²) in [7, 11) is 0. The molecule has 2 atom stereocenters. The highest BCUT2D eigenvalue weighted by atomic mass is 16.6. The Labute approximate surface area is 224 Å². The molecule has 38 heavy (non-hydrogen) atoms. The molecule has 0 aliphatic heterocycles. The third-order valence-electron chi connectivity index (χ3n) is 6.09. The molecule has 0 aliphatic carbocycles. The van der Waals surface area contributed by atoms with E-state index in [0.29, 0.717) is 23.2 Å². The number of carbonyl (C=O) groups excluding carboxylic acids is 3. The number of terminal acetylenes is 1. The lowest BCUT2D eigenvalue weighted by Gasteiger charge is -2.36. The van der Waals surface area contributed by atoms with Gasteiger partial charge in [0.05, 0.1) is 0 Å². The predicted molar refractivity (Wildman–Crippen MR) is 151 cm³/mol. The molecule has 0 fully saturated rings. The zero-order valence-electron chi connectivity index (χ0n) is 22.6. The van der Waals surface area contributed by atoms with Crippen LogP contribution in [0.1, 0.15) is 58.2 Å². The highest BCUT2D eigenvalue weighted by molar-refractivity contribution is 6.00. The molecule has 0 saturated carbocycles. The van der Waals surface area contributed by atoms with Crippen LogP contribution in [0.15, 0.2) is 66.7 Å². The molecule has 7 heteroatoms. The van der Waals surface area contributed by atoms with Crippen LogP contribution in [0.3, 0.4) is 0 Å². The van der Waals surface area contributed by atoms with Gasteiger partial charge in [-0.2, -0.15) is 0 Å². The Bertz CT molecular complexity index is 1350. The van der Waals surface area contributed by atoms with Gasteiger partial charge in [-0.1, -0.05) is 61.4 Å². The van der Waals surface area contributed by atoms with Crippen LogP contribution in [-0.2, 0) is 14.3 Å². The number of ether oxygens (including phenoxy) is 1. The third kappa shape index (κ3) is 7.13. The lowest BCUT2D eigenvalue weighted by atomic mass is 9.96. The van der Waals surface area contributed by atoms with Crippen LogP contribution in [0.25, 0.3) is 10.8 Å². The largest absolute Gasteiger partial charge is 0.444 e. The number of rotatable bonds is 8. The summed E-state index contributed by atoms with van der Waals surface area (Å²) in [5, 5.41) is 7.52. The van der Waals surface area contributed by atoms with Crippen LogP contribution in [-0.4, -0.2) is 41.0 Å². The first-order valence-corrected chi connectivity index (χ1v) is 12.7. The molecule has 3 amide bonds. The number of carbonyl (C=O) groups is 3. The molecule has 0 radical (unpaired) electrons. The van der Waals surface area contributed by atoms with Gasteiger partial charge >= 0.3 is 6.09 Å². The first-order chi connectivity index (χ1) is 18.0. The summed E-state index contributed by atoms with van der Waals surface area (Å²) >= 11 is 0. The van der Waals surface area contributed by atoms with Gasteiger partial charge < -0.3 is 20.3 Å². The van der Waals surface area contributed by atoms with E-state index in [1.165, 1.54) is 4.90 Å². The number of nitrogens with one attached hydrogen (secondary N) is 2. The summed E-state index contributed by atoms with van der Waals surface area (Å²) in [5.74, 6) is 1.80. The minimum atomic E-state index is -1.03. The van der Waals surface area contributed by atoms with E-state index < -0.39 is 29.6 Å². The van der Waals surface area contributed by atoms with Crippen molar-refractivity contribution < 1.29 is 19.1 Å². The topological polar surface area (TPSA) is 87.7 Å². The van der Waals surface area contributed by atoms with Crippen LogP contribution in [0.2, 0.25) is 0 Å². The molecule has 0 aromatic heterocycles. The molecule has 3 aromatic rings. The summed E-state index contributed by atoms with van der Waals surface area (Å²) in [5.41, 5.74) is 0.921. The maximum atomic E-state index is 13.9. The molecule has 0 aliphatic rings. The van der Waals surface area contributed by atoms with Crippen LogP contribution in [0, 0.1) is 12.3 Å². The second-order valence-electron chi connectivity index (χ2n) is 10.1. The molecule has 0 saturated heterocycles. The summed E-state index contributed by atoms with van der Waals surface area (Å²) in [4.78, 5) is 41.2. The number of benzene rings is 3. The van der Waals surface area contributed by atoms with Gasteiger partial charge in [0.25, 0.3) is 5.91 Å². The monoisotopic (exact) mass is 513 g/mol. The third-order valence-corrected chi connectivity index (χ3v) is 6.09. The number of nitrogens with zero attached hydrogens (tertiary/aromatic N) is 1. The highest BCUT2D eigenvalue weighted by Gasteiger charge is 2.35. The van der Waals surface area contributed by atoms with E-state index in [4.69, 9.17) is 11.2 Å². The van der Waals surface area contributed by atoms with Crippen molar-refractivity contribution in [2.75, 3.05) is 11.9 Å². The van der Waals surface area contributed by atoms with E-state index in [-0.39, 0.29) is 12.6 Å². The van der Waals surface area contributed by atoms with Gasteiger partial charge in [0.15, 0.2) is 0 Å². The van der Waals surface area contributed by atoms with E-state index in [9.17, 15) is 14.4 Å². The zero-order chi connectivity index (χ0) is 27.9. The van der Waals surface area contributed by atoms with Crippen molar-refractivity contribution in [1.82, 2.24) is 10.2 Å². The van der Waals surface area contributed by atoms with E-state index in [1.807, 2.05) is 56.3 Å². The Balaban J connectivity index is 1.98. The number of alkyl carbamates (subject to hydrolysis) is 1. The second-order valence-corrected chi connectivity index (χ2v) is 10.1. The Morgan fingerprint density at radius 2 is 1.66 bits per heavy atom. The Morgan fingerprint density at radius 1 is 1.00 bits per heavy atom. The SMILES string of the molecule is C#Cc1ccccc1C(C(=O)Nc1ccc2ccccc2c1)N(C(=O)CNC(=O)OC(C)(C)C)C(C)CC. The van der Waals surface area contributed by atoms with Gasteiger partial charge in [-0.25, -0.2) is 4.79 Å². The summed E-state index contributed by atoms with van der Waals surface area (Å²) in [6.07, 6.45) is 5.65. The molecule has 0 spiro atoms. The van der Waals surface area contributed by atoms with Gasteiger partial charge in [0.1, 0.15) is 18.2 Å². The number of amides is 3. The predicted octanol–water partition coefficient (Wildman–Crippen LogP) is 5.65. The van der Waals surface area contributed by atoms with Crippen molar-refractivity contribution in [1.29, 1.82) is 0 Å². The summed E-state index contributed by atoms with van der Waals surface area (Å²) in [6, 6.07) is 19.2. The highest BCUT2D eigenvalue weighted by Crippen LogP contribution is 2.29. The van der Waals surface area contributed by atoms with Crippen LogP contribution >= 0.6 is 0 Å². The van der Waals surface area contributed by atoms with Crippen molar-refractivity contribution in [2.45, 2.75) is 58.7 Å². The van der Waals surface area contributed by atoms with Crippen molar-refractivity contribution in [3.8, 4) is 12.3 Å². The van der Waals surface area contributed by atoms with Crippen LogP contribution < -0.4 is 10.6 Å². The fourth-order valence-electron chi connectivity index (χ4n) is 4.16. The lowest BCUT2D eigenvalue weighted by Crippen LogP contribution is -2.50. The molecule has 198 valence electrons. The molecule has 7 nitrogen and oxygen atoms in total. The van der Waals surface area contributed by atoms with E-state index in [1.54, 1.807) is 45.0 Å². The molecular weight excluding hydrogens is 478 g/mol. The minimum Gasteiger partial charge on any atom is -0.444 e. The summed E-state index contributed by atoms with van der Waals surface area (Å²) < 4.78 is 5.27. The molecule has 2 N–H and O–H groups in total. The molecule has 3 aromatic carbocycles. The zero-order valence-corrected chi connectivity index (χ0v) is 22.6. The summed E-state index contributed by atoms with van der Waals surface area (Å²) in [6.45, 7) is 8.67. The molecule has 2 unspecified atom stereocenters. The Morgan fingerprint density at radius 3 is 2.32 bits per heavy atom. The van der Waals surface area contributed by atoms with Crippen molar-refractivity contribution in [3.63, 3.8) is 0 Å². The van der Waals surface area contributed by atoms with E-state index >= 15 is 0 Å². The molecule has 0 heterocycles. The van der Waals surface area contributed by atoms with Crippen molar-refractivity contribution in [2.24, 2.45) is 0 Å². The van der Waals surface area contributed by atoms with E-state index in [0.717, 1.165) is 10.8 Å². The van der Waals surface area contributed by atoms with Gasteiger partial charge in [0.2, 0.25) is 5.91 Å². The average molecular weight is 514 g/mol. The first-order valence-electron chi connectivity index (χ1n) is 12.7. The maximum absolute atomic E-state index is 13.9. The maximum Gasteiger partial charge on any atom is 0.408 e. The van der Waals surface area contributed by atoms with Crippen LogP contribution in [0.5, 0.6) is 0 Å². The van der Waals surface area contributed by atoms with Gasteiger partial charge in [-0.05, 0) is 68.7 Å². The fraction of sp³-hybridized carbons (Fsp3) is 0.323. The molecule has 0 bridgehead atoms. The smallest absolute Gasteiger partial charge is 0.408 e. The Kier molecular flexibility index (Phi) is 9.14. The van der Waals surface area contributed by atoms with E-state index in [2.05, 4.69) is 16.6 Å². The first kappa shape index (κ1) is 28.3. The number of hydrogen-bond donors (Lipinski definition) is 2. The normalized spacial score (nSPS) is 12.6. The van der Waals surface area contributed by atoms with Crippen molar-refractivity contribution >= 4 is 34.4 Å². The lowest BCUT2D eigenvalue weighted by molar-refractivity contribution is -0.140. The van der Waals surface area contributed by atoms with Gasteiger partial charge in [-0.15, -0.1) is 6.42 Å². The second kappa shape index (κ2) is 12.3. The van der Waals surface area contributed by atoms with Gasteiger partial charge in [0, 0.05) is 17.3 Å². The van der Waals surface area contributed by atoms with Gasteiger partial charge in [-0.3, -0.25) is 9.59 Å². The molecular formula is C31H35N3O4.